The minimum Gasteiger partial charge on any atom is -0.294 e. The summed E-state index contributed by atoms with van der Waals surface area (Å²) in [4.78, 5) is 15.5. The highest BCUT2D eigenvalue weighted by atomic mass is 19.1. The Balaban J connectivity index is 2.08. The molecule has 0 aliphatic carbocycles. The molecule has 0 saturated heterocycles. The van der Waals surface area contributed by atoms with E-state index < -0.39 is 5.82 Å². The van der Waals surface area contributed by atoms with E-state index in [2.05, 4.69) is 11.9 Å². The van der Waals surface area contributed by atoms with E-state index in [4.69, 9.17) is 0 Å². The van der Waals surface area contributed by atoms with Gasteiger partial charge in [0.25, 0.3) is 0 Å². The topological polar surface area (TPSA) is 30.0 Å². The van der Waals surface area contributed by atoms with Gasteiger partial charge in [0.15, 0.2) is 5.78 Å². The van der Waals surface area contributed by atoms with E-state index >= 15 is 0 Å². The second kappa shape index (κ2) is 9.65. The van der Waals surface area contributed by atoms with E-state index in [9.17, 15) is 9.18 Å². The Hall–Kier alpha value is -1.25. The number of hydrogen-bond acceptors (Lipinski definition) is 2. The first-order valence-corrected chi connectivity index (χ1v) is 7.37. The molecule has 1 aromatic heterocycles. The first-order valence-electron chi connectivity index (χ1n) is 7.37. The molecule has 1 aromatic rings. The molecule has 2 nitrogen and oxygen atoms in total. The van der Waals surface area contributed by atoms with Gasteiger partial charge in [0.1, 0.15) is 5.82 Å². The maximum Gasteiger partial charge on any atom is 0.164 e. The van der Waals surface area contributed by atoms with E-state index in [-0.39, 0.29) is 5.78 Å². The number of halogens is 1. The van der Waals surface area contributed by atoms with Crippen molar-refractivity contribution in [2.75, 3.05) is 0 Å². The van der Waals surface area contributed by atoms with Crippen molar-refractivity contribution >= 4 is 5.78 Å². The van der Waals surface area contributed by atoms with Gasteiger partial charge in [-0.2, -0.15) is 0 Å². The van der Waals surface area contributed by atoms with Gasteiger partial charge in [-0.05, 0) is 12.5 Å². The van der Waals surface area contributed by atoms with Gasteiger partial charge in [-0.1, -0.05) is 51.9 Å². The fourth-order valence-electron chi connectivity index (χ4n) is 2.13. The van der Waals surface area contributed by atoms with Crippen LogP contribution in [0.4, 0.5) is 4.39 Å². The number of unbranched alkanes of at least 4 members (excludes halogenated alkanes) is 7. The van der Waals surface area contributed by atoms with E-state index in [1.807, 2.05) is 0 Å². The lowest BCUT2D eigenvalue weighted by atomic mass is 10.0. The number of nitrogens with zero attached hydrogens (tertiary/aromatic N) is 1. The van der Waals surface area contributed by atoms with Crippen molar-refractivity contribution in [2.24, 2.45) is 0 Å². The van der Waals surface area contributed by atoms with E-state index in [0.29, 0.717) is 12.0 Å². The molecule has 0 aromatic carbocycles. The largest absolute Gasteiger partial charge is 0.294 e. The Morgan fingerprint density at radius 1 is 1.05 bits per heavy atom. The zero-order chi connectivity index (χ0) is 13.9. The van der Waals surface area contributed by atoms with Gasteiger partial charge in [-0.25, -0.2) is 4.39 Å². The zero-order valence-electron chi connectivity index (χ0n) is 11.8. The summed E-state index contributed by atoms with van der Waals surface area (Å²) in [5.41, 5.74) is 0.392. The normalized spacial score (nSPS) is 10.6. The van der Waals surface area contributed by atoms with Crippen LogP contribution in [0.5, 0.6) is 0 Å². The smallest absolute Gasteiger partial charge is 0.164 e. The second-order valence-electron chi connectivity index (χ2n) is 5.04. The standard InChI is InChI=1S/C16H24FNO/c1-2-3-4-5-6-7-8-9-10-16(19)14-11-15(17)13-18-12-14/h11-13H,2-10H2,1H3. The third-order valence-corrected chi connectivity index (χ3v) is 3.28. The van der Waals surface area contributed by atoms with Gasteiger partial charge in [-0.3, -0.25) is 9.78 Å². The molecule has 0 radical (unpaired) electrons. The first-order chi connectivity index (χ1) is 9.24. The van der Waals surface area contributed by atoms with Crippen molar-refractivity contribution in [3.63, 3.8) is 0 Å². The third-order valence-electron chi connectivity index (χ3n) is 3.28. The number of ketones is 1. The van der Waals surface area contributed by atoms with Crippen LogP contribution in [0.25, 0.3) is 0 Å². The van der Waals surface area contributed by atoms with Crippen LogP contribution in [0.1, 0.15) is 75.1 Å². The van der Waals surface area contributed by atoms with Crippen molar-refractivity contribution in [1.29, 1.82) is 0 Å². The maximum atomic E-state index is 12.9. The summed E-state index contributed by atoms with van der Waals surface area (Å²) < 4.78 is 12.9. The molecular formula is C16H24FNO. The molecule has 0 aliphatic heterocycles. The average Bonchev–Trinajstić information content (AvgIpc) is 2.41. The summed E-state index contributed by atoms with van der Waals surface area (Å²) in [7, 11) is 0. The molecule has 0 amide bonds. The van der Waals surface area contributed by atoms with Crippen molar-refractivity contribution in [3.05, 3.63) is 29.8 Å². The van der Waals surface area contributed by atoms with Crippen LogP contribution >= 0.6 is 0 Å². The summed E-state index contributed by atoms with van der Waals surface area (Å²) >= 11 is 0. The highest BCUT2D eigenvalue weighted by molar-refractivity contribution is 5.95. The molecule has 19 heavy (non-hydrogen) atoms. The molecule has 1 heterocycles. The Morgan fingerprint density at radius 2 is 1.68 bits per heavy atom. The summed E-state index contributed by atoms with van der Waals surface area (Å²) in [5.74, 6) is -0.445. The van der Waals surface area contributed by atoms with Gasteiger partial charge in [0.2, 0.25) is 0 Å². The number of aromatic nitrogens is 1. The summed E-state index contributed by atoms with van der Waals surface area (Å²) in [6.45, 7) is 2.22. The predicted octanol–water partition coefficient (Wildman–Crippen LogP) is 4.93. The molecular weight excluding hydrogens is 241 g/mol. The number of Topliss-reactive ketones (excluding diaryl/α,β-unsaturated/α-hetero) is 1. The monoisotopic (exact) mass is 265 g/mol. The van der Waals surface area contributed by atoms with Gasteiger partial charge in [-0.15, -0.1) is 0 Å². The van der Waals surface area contributed by atoms with Crippen molar-refractivity contribution in [1.82, 2.24) is 4.98 Å². The highest BCUT2D eigenvalue weighted by Gasteiger charge is 2.06. The number of rotatable bonds is 10. The fourth-order valence-corrected chi connectivity index (χ4v) is 2.13. The molecule has 0 spiro atoms. The molecule has 106 valence electrons. The number of carbonyl (C=O) groups excluding carboxylic acids is 1. The van der Waals surface area contributed by atoms with Crippen molar-refractivity contribution < 1.29 is 9.18 Å². The van der Waals surface area contributed by atoms with Crippen molar-refractivity contribution in [2.45, 2.75) is 64.7 Å². The molecule has 0 bridgehead atoms. The molecule has 1 rings (SSSR count). The van der Waals surface area contributed by atoms with E-state index in [1.54, 1.807) is 0 Å². The molecule has 0 unspecified atom stereocenters. The second-order valence-corrected chi connectivity index (χ2v) is 5.04. The third kappa shape index (κ3) is 7.04. The summed E-state index contributed by atoms with van der Waals surface area (Å²) in [5, 5.41) is 0. The van der Waals surface area contributed by atoms with Gasteiger partial charge in [0, 0.05) is 18.2 Å². The summed E-state index contributed by atoms with van der Waals surface area (Å²) in [6, 6.07) is 1.26. The maximum absolute atomic E-state index is 12.9. The SMILES string of the molecule is CCCCCCCCCCC(=O)c1cncc(F)c1. The lowest BCUT2D eigenvalue weighted by Gasteiger charge is -2.02. The van der Waals surface area contributed by atoms with Crippen molar-refractivity contribution in [3.8, 4) is 0 Å². The van der Waals surface area contributed by atoms with Crippen LogP contribution in [0.2, 0.25) is 0 Å². The lowest BCUT2D eigenvalue weighted by molar-refractivity contribution is 0.0978. The van der Waals surface area contributed by atoms with Crippen LogP contribution in [-0.2, 0) is 0 Å². The number of pyridine rings is 1. The Bertz CT molecular complexity index is 379. The molecule has 0 atom stereocenters. The van der Waals surface area contributed by atoms with Crippen LogP contribution < -0.4 is 0 Å². The Kier molecular flexibility index (Phi) is 8.03. The zero-order valence-corrected chi connectivity index (χ0v) is 11.8. The molecule has 0 saturated carbocycles. The Morgan fingerprint density at radius 3 is 2.32 bits per heavy atom. The first kappa shape index (κ1) is 15.8. The summed E-state index contributed by atoms with van der Waals surface area (Å²) in [6.07, 6.45) is 12.7. The van der Waals surface area contributed by atoms with Crippen LogP contribution in [-0.4, -0.2) is 10.8 Å². The number of carbonyl (C=O) groups is 1. The quantitative estimate of drug-likeness (QED) is 0.443. The van der Waals surface area contributed by atoms with E-state index in [0.717, 1.165) is 19.0 Å². The molecule has 3 heteroatoms. The minimum absolute atomic E-state index is 0.00187. The van der Waals surface area contributed by atoms with Crippen LogP contribution in [0.3, 0.4) is 0 Å². The van der Waals surface area contributed by atoms with Gasteiger partial charge in [0.05, 0.1) is 6.20 Å². The minimum atomic E-state index is -0.443. The van der Waals surface area contributed by atoms with E-state index in [1.165, 1.54) is 50.8 Å². The number of hydrogen-bond donors (Lipinski definition) is 0. The van der Waals surface area contributed by atoms with Gasteiger partial charge < -0.3 is 0 Å². The molecule has 0 fully saturated rings. The van der Waals surface area contributed by atoms with Gasteiger partial charge >= 0.3 is 0 Å². The lowest BCUT2D eigenvalue weighted by Crippen LogP contribution is -2.00. The highest BCUT2D eigenvalue weighted by Crippen LogP contribution is 2.12. The van der Waals surface area contributed by atoms with Crippen LogP contribution in [0.15, 0.2) is 18.5 Å². The Labute approximate surface area is 115 Å². The molecule has 0 N–H and O–H groups in total. The fraction of sp³-hybridized carbons (Fsp3) is 0.625. The predicted molar refractivity (Wildman–Crippen MR) is 75.8 cm³/mol. The average molecular weight is 265 g/mol. The van der Waals surface area contributed by atoms with Crippen LogP contribution in [0, 0.1) is 5.82 Å². The molecule has 0 aliphatic rings.